The fraction of sp³-hybridized carbons (Fsp3) is 0.333. The van der Waals surface area contributed by atoms with Crippen LogP contribution in [0, 0.1) is 6.92 Å². The van der Waals surface area contributed by atoms with Gasteiger partial charge in [-0.3, -0.25) is 4.90 Å². The molecule has 3 heterocycles. The molecule has 0 aliphatic carbocycles. The van der Waals surface area contributed by atoms with E-state index in [0.29, 0.717) is 17.8 Å². The molecule has 1 aliphatic heterocycles. The Morgan fingerprint density at radius 3 is 2.91 bits per heavy atom. The predicted octanol–water partition coefficient (Wildman–Crippen LogP) is 4.44. The minimum absolute atomic E-state index is 0.452. The Morgan fingerprint density at radius 1 is 1.26 bits per heavy atom. The van der Waals surface area contributed by atoms with E-state index in [2.05, 4.69) is 46.2 Å². The van der Waals surface area contributed by atoms with Crippen molar-refractivity contribution < 1.29 is 4.52 Å². The molecule has 1 aromatic carbocycles. The van der Waals surface area contributed by atoms with E-state index >= 15 is 0 Å². The van der Waals surface area contributed by atoms with E-state index in [1.54, 1.807) is 11.3 Å². The summed E-state index contributed by atoms with van der Waals surface area (Å²) in [5.74, 6) is 1.40. The van der Waals surface area contributed by atoms with Crippen molar-refractivity contribution in [1.82, 2.24) is 15.0 Å². The lowest BCUT2D eigenvalue weighted by Crippen LogP contribution is -2.22. The number of likely N-dealkylation sites (tertiary alicyclic amines) is 1. The SMILES string of the molecule is Cc1ccc(C2CCCN2Cc2nc(-c3cccs3)no2)cc1. The summed E-state index contributed by atoms with van der Waals surface area (Å²) >= 11 is 1.63. The van der Waals surface area contributed by atoms with Gasteiger partial charge in [0.1, 0.15) is 0 Å². The first kappa shape index (κ1) is 14.6. The van der Waals surface area contributed by atoms with Gasteiger partial charge in [-0.25, -0.2) is 0 Å². The minimum atomic E-state index is 0.452. The van der Waals surface area contributed by atoms with Crippen molar-refractivity contribution >= 4 is 11.3 Å². The third-order valence-corrected chi connectivity index (χ3v) is 5.24. The van der Waals surface area contributed by atoms with Gasteiger partial charge in [0.25, 0.3) is 0 Å². The summed E-state index contributed by atoms with van der Waals surface area (Å²) in [5.41, 5.74) is 2.68. The molecule has 1 aliphatic rings. The van der Waals surface area contributed by atoms with Crippen LogP contribution in [0.3, 0.4) is 0 Å². The Morgan fingerprint density at radius 2 is 2.13 bits per heavy atom. The van der Waals surface area contributed by atoms with Crippen LogP contribution in [0.4, 0.5) is 0 Å². The Balaban J connectivity index is 1.50. The van der Waals surface area contributed by atoms with Crippen LogP contribution in [-0.4, -0.2) is 21.6 Å². The van der Waals surface area contributed by atoms with Crippen molar-refractivity contribution in [3.8, 4) is 10.7 Å². The molecule has 0 radical (unpaired) electrons. The third-order valence-electron chi connectivity index (χ3n) is 4.37. The van der Waals surface area contributed by atoms with E-state index in [0.717, 1.165) is 18.0 Å². The Bertz CT molecular complexity index is 764. The normalized spacial score (nSPS) is 18.6. The molecule has 0 bridgehead atoms. The highest BCUT2D eigenvalue weighted by molar-refractivity contribution is 7.13. The molecule has 5 heteroatoms. The molecule has 3 aromatic rings. The number of hydrogen-bond donors (Lipinski definition) is 0. The molecule has 4 rings (SSSR count). The first-order valence-corrected chi connectivity index (χ1v) is 8.84. The third kappa shape index (κ3) is 3.07. The highest BCUT2D eigenvalue weighted by Crippen LogP contribution is 2.33. The van der Waals surface area contributed by atoms with Crippen molar-refractivity contribution in [3.63, 3.8) is 0 Å². The van der Waals surface area contributed by atoms with Crippen LogP contribution in [-0.2, 0) is 6.54 Å². The van der Waals surface area contributed by atoms with Crippen LogP contribution in [0.2, 0.25) is 0 Å². The average molecular weight is 325 g/mol. The zero-order valence-corrected chi connectivity index (χ0v) is 13.9. The molecule has 0 saturated carbocycles. The Labute approximate surface area is 139 Å². The molecular weight excluding hydrogens is 306 g/mol. The van der Waals surface area contributed by atoms with Crippen molar-refractivity contribution in [1.29, 1.82) is 0 Å². The molecule has 0 amide bonds. The van der Waals surface area contributed by atoms with Crippen LogP contribution in [0.25, 0.3) is 10.7 Å². The van der Waals surface area contributed by atoms with E-state index < -0.39 is 0 Å². The number of hydrogen-bond acceptors (Lipinski definition) is 5. The number of aromatic nitrogens is 2. The molecule has 0 spiro atoms. The number of benzene rings is 1. The molecular formula is C18H19N3OS. The number of aryl methyl sites for hydroxylation is 1. The van der Waals surface area contributed by atoms with Crippen LogP contribution in [0.1, 0.15) is 35.9 Å². The van der Waals surface area contributed by atoms with Crippen molar-refractivity contribution in [2.45, 2.75) is 32.4 Å². The van der Waals surface area contributed by atoms with Gasteiger partial charge in [0.05, 0.1) is 11.4 Å². The maximum absolute atomic E-state index is 5.46. The first-order valence-electron chi connectivity index (χ1n) is 7.97. The molecule has 1 fully saturated rings. The predicted molar refractivity (Wildman–Crippen MR) is 91.2 cm³/mol. The van der Waals surface area contributed by atoms with Crippen molar-refractivity contribution in [2.75, 3.05) is 6.54 Å². The molecule has 1 saturated heterocycles. The van der Waals surface area contributed by atoms with E-state index in [9.17, 15) is 0 Å². The molecule has 0 N–H and O–H groups in total. The summed E-state index contributed by atoms with van der Waals surface area (Å²) in [6, 6.07) is 13.3. The van der Waals surface area contributed by atoms with E-state index in [-0.39, 0.29) is 0 Å². The van der Waals surface area contributed by atoms with Gasteiger partial charge in [-0.2, -0.15) is 4.98 Å². The van der Waals surface area contributed by atoms with Gasteiger partial charge in [-0.1, -0.05) is 41.1 Å². The van der Waals surface area contributed by atoms with Gasteiger partial charge >= 0.3 is 0 Å². The Hall–Kier alpha value is -1.98. The fourth-order valence-electron chi connectivity index (χ4n) is 3.18. The maximum atomic E-state index is 5.46. The topological polar surface area (TPSA) is 42.2 Å². The van der Waals surface area contributed by atoms with Crippen molar-refractivity contribution in [2.24, 2.45) is 0 Å². The molecule has 118 valence electrons. The number of rotatable bonds is 4. The Kier molecular flexibility index (Phi) is 3.97. The molecule has 23 heavy (non-hydrogen) atoms. The maximum Gasteiger partial charge on any atom is 0.241 e. The lowest BCUT2D eigenvalue weighted by Gasteiger charge is -2.23. The molecule has 1 unspecified atom stereocenters. The first-order chi connectivity index (χ1) is 11.3. The summed E-state index contributed by atoms with van der Waals surface area (Å²) in [6.45, 7) is 3.92. The second kappa shape index (κ2) is 6.26. The van der Waals surface area contributed by atoms with Gasteiger partial charge in [-0.05, 0) is 43.3 Å². The van der Waals surface area contributed by atoms with Gasteiger partial charge < -0.3 is 4.52 Å². The lowest BCUT2D eigenvalue weighted by molar-refractivity contribution is 0.212. The summed E-state index contributed by atoms with van der Waals surface area (Å²) < 4.78 is 5.46. The van der Waals surface area contributed by atoms with Crippen LogP contribution >= 0.6 is 11.3 Å². The van der Waals surface area contributed by atoms with Gasteiger partial charge in [0, 0.05) is 6.04 Å². The fourth-order valence-corrected chi connectivity index (χ4v) is 3.83. The monoisotopic (exact) mass is 325 g/mol. The van der Waals surface area contributed by atoms with Crippen molar-refractivity contribution in [3.05, 3.63) is 58.8 Å². The van der Waals surface area contributed by atoms with E-state index in [1.165, 1.54) is 24.0 Å². The minimum Gasteiger partial charge on any atom is -0.338 e. The molecule has 2 aromatic heterocycles. The van der Waals surface area contributed by atoms with Gasteiger partial charge in [0.2, 0.25) is 11.7 Å². The standard InChI is InChI=1S/C18H19N3OS/c1-13-6-8-14(9-7-13)15-4-2-10-21(15)12-17-19-18(20-22-17)16-5-3-11-23-16/h3,5-9,11,15H,2,4,10,12H2,1H3. The average Bonchev–Trinajstić information content (AvgIpc) is 3.29. The highest BCUT2D eigenvalue weighted by Gasteiger charge is 2.27. The van der Waals surface area contributed by atoms with Crippen LogP contribution in [0.15, 0.2) is 46.3 Å². The molecule has 4 nitrogen and oxygen atoms in total. The van der Waals surface area contributed by atoms with Gasteiger partial charge in [-0.15, -0.1) is 11.3 Å². The second-order valence-corrected chi connectivity index (χ2v) is 6.98. The molecule has 1 atom stereocenters. The van der Waals surface area contributed by atoms with E-state index in [4.69, 9.17) is 4.52 Å². The summed E-state index contributed by atoms with van der Waals surface area (Å²) in [5, 5.41) is 6.13. The van der Waals surface area contributed by atoms with E-state index in [1.807, 2.05) is 17.5 Å². The number of nitrogens with zero attached hydrogens (tertiary/aromatic N) is 3. The summed E-state index contributed by atoms with van der Waals surface area (Å²) in [7, 11) is 0. The zero-order chi connectivity index (χ0) is 15.6. The second-order valence-electron chi connectivity index (χ2n) is 6.03. The van der Waals surface area contributed by atoms with Crippen LogP contribution < -0.4 is 0 Å². The zero-order valence-electron chi connectivity index (χ0n) is 13.1. The van der Waals surface area contributed by atoms with Crippen LogP contribution in [0.5, 0.6) is 0 Å². The summed E-state index contributed by atoms with van der Waals surface area (Å²) in [6.07, 6.45) is 2.40. The quantitative estimate of drug-likeness (QED) is 0.711. The number of thiophene rings is 1. The largest absolute Gasteiger partial charge is 0.338 e. The summed E-state index contributed by atoms with van der Waals surface area (Å²) in [4.78, 5) is 8.04. The smallest absolute Gasteiger partial charge is 0.241 e. The highest BCUT2D eigenvalue weighted by atomic mass is 32.1. The van der Waals surface area contributed by atoms with Gasteiger partial charge in [0.15, 0.2) is 0 Å². The lowest BCUT2D eigenvalue weighted by atomic mass is 10.0.